The number of ether oxygens (including phenoxy) is 2. The van der Waals surface area contributed by atoms with Crippen molar-refractivity contribution in [3.8, 4) is 11.5 Å². The van der Waals surface area contributed by atoms with Gasteiger partial charge in [0, 0.05) is 18.9 Å². The van der Waals surface area contributed by atoms with Gasteiger partial charge in [0.25, 0.3) is 0 Å². The molecule has 10 nitrogen and oxygen atoms in total. The van der Waals surface area contributed by atoms with E-state index in [4.69, 9.17) is 14.6 Å². The molecule has 0 radical (unpaired) electrons. The molecule has 130 valence electrons. The number of carbonyl (C=O) groups is 1. The average molecular weight is 344 g/mol. The van der Waals surface area contributed by atoms with Crippen LogP contribution in [0.25, 0.3) is 5.65 Å². The maximum Gasteiger partial charge on any atom is 0.411 e. The maximum absolute atomic E-state index is 10.8. The first-order valence-electron chi connectivity index (χ1n) is 7.27. The lowest BCUT2D eigenvalue weighted by atomic mass is 10.2. The number of fused-ring (bicyclic) bond motifs is 1. The van der Waals surface area contributed by atoms with E-state index in [1.807, 2.05) is 18.2 Å². The minimum absolute atomic E-state index is 0.0964. The Kier molecular flexibility index (Phi) is 4.50. The minimum Gasteiger partial charge on any atom is -0.493 e. The Morgan fingerprint density at radius 2 is 2.04 bits per heavy atom. The second-order valence-corrected chi connectivity index (χ2v) is 4.97. The maximum atomic E-state index is 10.8. The SMILES string of the molecule is COc1ccc(CNc2nccn3c(NC(=O)O)nnc23)cc1OC. The van der Waals surface area contributed by atoms with Gasteiger partial charge in [-0.05, 0) is 17.7 Å². The highest BCUT2D eigenvalue weighted by molar-refractivity contribution is 5.81. The third-order valence-corrected chi connectivity index (χ3v) is 3.45. The van der Waals surface area contributed by atoms with Crippen molar-refractivity contribution in [3.63, 3.8) is 0 Å². The summed E-state index contributed by atoms with van der Waals surface area (Å²) in [5.41, 5.74) is 1.36. The minimum atomic E-state index is -1.22. The number of nitrogens with one attached hydrogen (secondary N) is 2. The van der Waals surface area contributed by atoms with Crippen LogP contribution in [0.4, 0.5) is 16.6 Å². The molecule has 10 heteroatoms. The van der Waals surface area contributed by atoms with Gasteiger partial charge in [-0.15, -0.1) is 10.2 Å². The highest BCUT2D eigenvalue weighted by atomic mass is 16.5. The summed E-state index contributed by atoms with van der Waals surface area (Å²) in [5.74, 6) is 1.85. The van der Waals surface area contributed by atoms with E-state index in [0.29, 0.717) is 29.5 Å². The molecule has 3 aromatic rings. The van der Waals surface area contributed by atoms with E-state index in [0.717, 1.165) is 5.56 Å². The van der Waals surface area contributed by atoms with E-state index in [2.05, 4.69) is 25.8 Å². The van der Waals surface area contributed by atoms with E-state index in [1.165, 1.54) is 10.6 Å². The van der Waals surface area contributed by atoms with Crippen LogP contribution in [0, 0.1) is 0 Å². The summed E-state index contributed by atoms with van der Waals surface area (Å²) in [4.78, 5) is 15.0. The molecule has 0 atom stereocenters. The lowest BCUT2D eigenvalue weighted by Crippen LogP contribution is -2.10. The van der Waals surface area contributed by atoms with Crippen molar-refractivity contribution in [2.45, 2.75) is 6.54 Å². The summed E-state index contributed by atoms with van der Waals surface area (Å²) >= 11 is 0. The number of benzene rings is 1. The van der Waals surface area contributed by atoms with Crippen molar-refractivity contribution in [2.75, 3.05) is 24.9 Å². The van der Waals surface area contributed by atoms with Gasteiger partial charge in [-0.3, -0.25) is 9.72 Å². The third kappa shape index (κ3) is 3.37. The summed E-state index contributed by atoms with van der Waals surface area (Å²) in [6, 6.07) is 5.57. The van der Waals surface area contributed by atoms with E-state index in [-0.39, 0.29) is 5.95 Å². The molecular formula is C15H16N6O4. The number of aromatic nitrogens is 4. The fraction of sp³-hybridized carbons (Fsp3) is 0.200. The van der Waals surface area contributed by atoms with E-state index >= 15 is 0 Å². The Balaban J connectivity index is 1.82. The zero-order chi connectivity index (χ0) is 17.8. The molecule has 0 fully saturated rings. The summed E-state index contributed by atoms with van der Waals surface area (Å²) < 4.78 is 12.0. The zero-order valence-electron chi connectivity index (χ0n) is 13.6. The third-order valence-electron chi connectivity index (χ3n) is 3.45. The van der Waals surface area contributed by atoms with E-state index < -0.39 is 6.09 Å². The van der Waals surface area contributed by atoms with Crippen LogP contribution >= 0.6 is 0 Å². The monoisotopic (exact) mass is 344 g/mol. The van der Waals surface area contributed by atoms with Gasteiger partial charge in [0.15, 0.2) is 17.3 Å². The molecule has 0 spiro atoms. The zero-order valence-corrected chi connectivity index (χ0v) is 13.6. The van der Waals surface area contributed by atoms with Gasteiger partial charge in [0.05, 0.1) is 14.2 Å². The number of rotatable bonds is 6. The van der Waals surface area contributed by atoms with Gasteiger partial charge in [-0.1, -0.05) is 6.07 Å². The molecule has 25 heavy (non-hydrogen) atoms. The lowest BCUT2D eigenvalue weighted by molar-refractivity contribution is 0.209. The second-order valence-electron chi connectivity index (χ2n) is 4.97. The average Bonchev–Trinajstić information content (AvgIpc) is 3.02. The molecule has 0 aliphatic carbocycles. The Morgan fingerprint density at radius 1 is 1.24 bits per heavy atom. The van der Waals surface area contributed by atoms with E-state index in [9.17, 15) is 4.79 Å². The van der Waals surface area contributed by atoms with Crippen LogP contribution in [-0.4, -0.2) is 45.0 Å². The van der Waals surface area contributed by atoms with Crippen molar-refractivity contribution in [1.29, 1.82) is 0 Å². The van der Waals surface area contributed by atoms with Crippen molar-refractivity contribution in [1.82, 2.24) is 19.6 Å². The largest absolute Gasteiger partial charge is 0.493 e. The first kappa shape index (κ1) is 16.3. The summed E-state index contributed by atoms with van der Waals surface area (Å²) in [5, 5.41) is 21.9. The molecule has 0 saturated carbocycles. The van der Waals surface area contributed by atoms with E-state index in [1.54, 1.807) is 20.4 Å². The Morgan fingerprint density at radius 3 is 2.76 bits per heavy atom. The quantitative estimate of drug-likeness (QED) is 0.619. The Labute approximate surface area is 142 Å². The van der Waals surface area contributed by atoms with Gasteiger partial charge < -0.3 is 19.9 Å². The van der Waals surface area contributed by atoms with Crippen molar-refractivity contribution >= 4 is 23.5 Å². The number of nitrogens with zero attached hydrogens (tertiary/aromatic N) is 4. The first-order chi connectivity index (χ1) is 12.1. The second kappa shape index (κ2) is 6.91. The van der Waals surface area contributed by atoms with Crippen LogP contribution in [0.1, 0.15) is 5.56 Å². The van der Waals surface area contributed by atoms with Crippen molar-refractivity contribution in [3.05, 3.63) is 36.2 Å². The molecule has 2 heterocycles. The van der Waals surface area contributed by atoms with Crippen LogP contribution in [0.2, 0.25) is 0 Å². The molecule has 0 aliphatic heterocycles. The molecular weight excluding hydrogens is 328 g/mol. The standard InChI is InChI=1S/C15H16N6O4/c1-24-10-4-3-9(7-11(10)25-2)8-17-12-13-19-20-14(18-15(22)23)21(13)6-5-16-12/h3-7H,8H2,1-2H3,(H,16,17)(H,18,20)(H,22,23). The van der Waals surface area contributed by atoms with Crippen LogP contribution < -0.4 is 20.1 Å². The number of amides is 1. The Hall–Kier alpha value is -3.56. The topological polar surface area (TPSA) is 123 Å². The molecule has 3 rings (SSSR count). The molecule has 0 bridgehead atoms. The van der Waals surface area contributed by atoms with Crippen molar-refractivity contribution in [2.24, 2.45) is 0 Å². The van der Waals surface area contributed by atoms with Crippen LogP contribution in [-0.2, 0) is 6.54 Å². The van der Waals surface area contributed by atoms with Gasteiger partial charge in [-0.2, -0.15) is 0 Å². The van der Waals surface area contributed by atoms with Gasteiger partial charge >= 0.3 is 6.09 Å². The predicted octanol–water partition coefficient (Wildman–Crippen LogP) is 1.84. The van der Waals surface area contributed by atoms with Crippen LogP contribution in [0.3, 0.4) is 0 Å². The smallest absolute Gasteiger partial charge is 0.411 e. The number of hydrogen-bond acceptors (Lipinski definition) is 7. The number of methoxy groups -OCH3 is 2. The highest BCUT2D eigenvalue weighted by Crippen LogP contribution is 2.28. The molecule has 0 unspecified atom stereocenters. The van der Waals surface area contributed by atoms with Gasteiger partial charge in [-0.25, -0.2) is 9.78 Å². The molecule has 2 aromatic heterocycles. The molecule has 0 aliphatic rings. The predicted molar refractivity (Wildman–Crippen MR) is 89.3 cm³/mol. The number of carboxylic acid groups (broad SMARTS) is 1. The molecule has 0 saturated heterocycles. The normalized spacial score (nSPS) is 10.5. The van der Waals surface area contributed by atoms with Gasteiger partial charge in [0.1, 0.15) is 0 Å². The fourth-order valence-corrected chi connectivity index (χ4v) is 2.31. The summed E-state index contributed by atoms with van der Waals surface area (Å²) in [7, 11) is 3.15. The van der Waals surface area contributed by atoms with Crippen molar-refractivity contribution < 1.29 is 19.4 Å². The summed E-state index contributed by atoms with van der Waals surface area (Å²) in [6.07, 6.45) is 1.88. The molecule has 1 amide bonds. The molecule has 1 aromatic carbocycles. The lowest BCUT2D eigenvalue weighted by Gasteiger charge is -2.11. The molecule has 3 N–H and O–H groups in total. The van der Waals surface area contributed by atoms with Gasteiger partial charge in [0.2, 0.25) is 11.6 Å². The first-order valence-corrected chi connectivity index (χ1v) is 7.27. The number of hydrogen-bond donors (Lipinski definition) is 3. The van der Waals surface area contributed by atoms with Crippen LogP contribution in [0.5, 0.6) is 11.5 Å². The summed E-state index contributed by atoms with van der Waals surface area (Å²) in [6.45, 7) is 0.460. The fourth-order valence-electron chi connectivity index (χ4n) is 2.31. The Bertz CT molecular complexity index is 910. The number of anilines is 2. The highest BCUT2D eigenvalue weighted by Gasteiger charge is 2.12. The van der Waals surface area contributed by atoms with Crippen LogP contribution in [0.15, 0.2) is 30.6 Å².